The van der Waals surface area contributed by atoms with Gasteiger partial charge >= 0.3 is 0 Å². The van der Waals surface area contributed by atoms with Crippen LogP contribution in [-0.4, -0.2) is 0 Å². The van der Waals surface area contributed by atoms with Crippen LogP contribution in [0.1, 0.15) is 69.9 Å². The molecule has 0 heterocycles. The molecule has 1 rings (SSSR count). The SMILES string of the molecule is CCCCCCCCCC(NN)c1ccc(F)cc1. The zero-order chi connectivity index (χ0) is 13.9. The van der Waals surface area contributed by atoms with Crippen molar-refractivity contribution in [2.75, 3.05) is 0 Å². The fraction of sp³-hybridized carbons (Fsp3) is 0.625. The van der Waals surface area contributed by atoms with E-state index in [-0.39, 0.29) is 11.9 Å². The summed E-state index contributed by atoms with van der Waals surface area (Å²) in [6.07, 6.45) is 10.1. The third-order valence-corrected chi connectivity index (χ3v) is 3.57. The smallest absolute Gasteiger partial charge is 0.123 e. The van der Waals surface area contributed by atoms with Gasteiger partial charge in [0, 0.05) is 6.04 Å². The van der Waals surface area contributed by atoms with Gasteiger partial charge in [0.2, 0.25) is 0 Å². The van der Waals surface area contributed by atoms with Crippen LogP contribution < -0.4 is 11.3 Å². The number of rotatable bonds is 10. The molecule has 0 radical (unpaired) electrons. The van der Waals surface area contributed by atoms with Gasteiger partial charge in [-0.2, -0.15) is 0 Å². The van der Waals surface area contributed by atoms with E-state index in [1.54, 1.807) is 12.1 Å². The minimum Gasteiger partial charge on any atom is -0.271 e. The van der Waals surface area contributed by atoms with E-state index in [2.05, 4.69) is 12.3 Å². The maximum atomic E-state index is 12.9. The number of hydrogen-bond donors (Lipinski definition) is 2. The molecule has 2 nitrogen and oxygen atoms in total. The summed E-state index contributed by atoms with van der Waals surface area (Å²) in [6.45, 7) is 2.24. The molecule has 0 bridgehead atoms. The molecule has 0 aliphatic rings. The van der Waals surface area contributed by atoms with Crippen molar-refractivity contribution in [3.63, 3.8) is 0 Å². The first-order chi connectivity index (χ1) is 9.27. The third-order valence-electron chi connectivity index (χ3n) is 3.57. The Hall–Kier alpha value is -0.930. The van der Waals surface area contributed by atoms with Crippen LogP contribution in [0.25, 0.3) is 0 Å². The molecule has 0 aliphatic carbocycles. The second-order valence-corrected chi connectivity index (χ2v) is 5.18. The van der Waals surface area contributed by atoms with Crippen LogP contribution in [0.2, 0.25) is 0 Å². The molecule has 1 aromatic rings. The Balaban J connectivity index is 2.20. The lowest BCUT2D eigenvalue weighted by Crippen LogP contribution is -2.27. The van der Waals surface area contributed by atoms with Crippen molar-refractivity contribution in [3.05, 3.63) is 35.6 Å². The predicted molar refractivity (Wildman–Crippen MR) is 79.1 cm³/mol. The molecule has 1 aromatic carbocycles. The van der Waals surface area contributed by atoms with Crippen molar-refractivity contribution in [3.8, 4) is 0 Å². The van der Waals surface area contributed by atoms with Crippen LogP contribution in [0.15, 0.2) is 24.3 Å². The van der Waals surface area contributed by atoms with Crippen LogP contribution >= 0.6 is 0 Å². The topological polar surface area (TPSA) is 38.0 Å². The normalized spacial score (nSPS) is 12.6. The quantitative estimate of drug-likeness (QED) is 0.372. The van der Waals surface area contributed by atoms with E-state index >= 15 is 0 Å². The summed E-state index contributed by atoms with van der Waals surface area (Å²) in [5.41, 5.74) is 3.89. The largest absolute Gasteiger partial charge is 0.271 e. The van der Waals surface area contributed by atoms with Crippen LogP contribution in [-0.2, 0) is 0 Å². The second kappa shape index (κ2) is 9.93. The first-order valence-electron chi connectivity index (χ1n) is 7.49. The van der Waals surface area contributed by atoms with Crippen LogP contribution in [0.4, 0.5) is 4.39 Å². The molecule has 0 amide bonds. The number of nitrogens with two attached hydrogens (primary N) is 1. The Bertz CT molecular complexity index is 324. The van der Waals surface area contributed by atoms with Gasteiger partial charge in [-0.05, 0) is 24.1 Å². The van der Waals surface area contributed by atoms with Crippen LogP contribution in [0, 0.1) is 5.82 Å². The van der Waals surface area contributed by atoms with Crippen molar-refractivity contribution >= 4 is 0 Å². The standard InChI is InChI=1S/C16H27FN2/c1-2-3-4-5-6-7-8-9-16(19-18)14-10-12-15(17)13-11-14/h10-13,16,19H,2-9,18H2,1H3. The Labute approximate surface area is 116 Å². The van der Waals surface area contributed by atoms with Gasteiger partial charge in [0.25, 0.3) is 0 Å². The van der Waals surface area contributed by atoms with Crippen molar-refractivity contribution in [2.24, 2.45) is 5.84 Å². The highest BCUT2D eigenvalue weighted by Gasteiger charge is 2.08. The summed E-state index contributed by atoms with van der Waals surface area (Å²) in [7, 11) is 0. The molecule has 3 heteroatoms. The van der Waals surface area contributed by atoms with E-state index in [1.807, 2.05) is 0 Å². The van der Waals surface area contributed by atoms with Gasteiger partial charge in [-0.25, -0.2) is 4.39 Å². The highest BCUT2D eigenvalue weighted by molar-refractivity contribution is 5.19. The number of hydrogen-bond acceptors (Lipinski definition) is 2. The Morgan fingerprint density at radius 3 is 2.16 bits per heavy atom. The summed E-state index contributed by atoms with van der Waals surface area (Å²) in [5.74, 6) is 5.38. The Kier molecular flexibility index (Phi) is 8.43. The van der Waals surface area contributed by atoms with Crippen molar-refractivity contribution in [2.45, 2.75) is 64.3 Å². The molecule has 1 unspecified atom stereocenters. The number of benzene rings is 1. The molecule has 3 N–H and O–H groups in total. The molecule has 0 aliphatic heterocycles. The molecule has 0 saturated heterocycles. The van der Waals surface area contributed by atoms with E-state index in [0.717, 1.165) is 12.0 Å². The van der Waals surface area contributed by atoms with Gasteiger partial charge in [0.1, 0.15) is 5.82 Å². The van der Waals surface area contributed by atoms with E-state index in [4.69, 9.17) is 5.84 Å². The lowest BCUT2D eigenvalue weighted by atomic mass is 10.00. The Morgan fingerprint density at radius 2 is 1.58 bits per heavy atom. The molecular weight excluding hydrogens is 239 g/mol. The Morgan fingerprint density at radius 1 is 1.00 bits per heavy atom. The summed E-state index contributed by atoms with van der Waals surface area (Å²) in [6, 6.07) is 6.73. The molecule has 0 saturated carbocycles. The summed E-state index contributed by atoms with van der Waals surface area (Å²) < 4.78 is 12.9. The minimum absolute atomic E-state index is 0.135. The third kappa shape index (κ3) is 6.69. The van der Waals surface area contributed by atoms with Gasteiger partial charge in [-0.1, -0.05) is 64.0 Å². The molecule has 1 atom stereocenters. The number of unbranched alkanes of at least 4 members (excludes halogenated alkanes) is 6. The second-order valence-electron chi connectivity index (χ2n) is 5.18. The zero-order valence-corrected chi connectivity index (χ0v) is 12.0. The van der Waals surface area contributed by atoms with E-state index < -0.39 is 0 Å². The van der Waals surface area contributed by atoms with E-state index in [9.17, 15) is 4.39 Å². The fourth-order valence-electron chi connectivity index (χ4n) is 2.35. The monoisotopic (exact) mass is 266 g/mol. The van der Waals surface area contributed by atoms with Crippen molar-refractivity contribution in [1.29, 1.82) is 0 Å². The number of halogens is 1. The zero-order valence-electron chi connectivity index (χ0n) is 12.0. The maximum absolute atomic E-state index is 12.9. The number of nitrogens with one attached hydrogen (secondary N) is 1. The summed E-state index contributed by atoms with van der Waals surface area (Å²) >= 11 is 0. The van der Waals surface area contributed by atoms with Crippen molar-refractivity contribution < 1.29 is 4.39 Å². The lowest BCUT2D eigenvalue weighted by molar-refractivity contribution is 0.475. The minimum atomic E-state index is -0.199. The average Bonchev–Trinajstić information content (AvgIpc) is 2.43. The highest BCUT2D eigenvalue weighted by Crippen LogP contribution is 2.20. The number of hydrazine groups is 1. The van der Waals surface area contributed by atoms with Gasteiger partial charge < -0.3 is 0 Å². The predicted octanol–water partition coefficient (Wildman–Crippen LogP) is 4.47. The molecule has 108 valence electrons. The maximum Gasteiger partial charge on any atom is 0.123 e. The highest BCUT2D eigenvalue weighted by atomic mass is 19.1. The van der Waals surface area contributed by atoms with Gasteiger partial charge in [-0.15, -0.1) is 0 Å². The first kappa shape index (κ1) is 16.1. The summed E-state index contributed by atoms with van der Waals surface area (Å²) in [4.78, 5) is 0. The first-order valence-corrected chi connectivity index (χ1v) is 7.49. The average molecular weight is 266 g/mol. The van der Waals surface area contributed by atoms with Crippen molar-refractivity contribution in [1.82, 2.24) is 5.43 Å². The van der Waals surface area contributed by atoms with Crippen LogP contribution in [0.3, 0.4) is 0 Å². The molecule has 0 fully saturated rings. The molecular formula is C16H27FN2. The summed E-state index contributed by atoms with van der Waals surface area (Å²) in [5, 5.41) is 0. The molecule has 0 spiro atoms. The molecule has 19 heavy (non-hydrogen) atoms. The van der Waals surface area contributed by atoms with Gasteiger partial charge in [0.15, 0.2) is 0 Å². The van der Waals surface area contributed by atoms with Crippen LogP contribution in [0.5, 0.6) is 0 Å². The van der Waals surface area contributed by atoms with E-state index in [1.165, 1.54) is 57.1 Å². The molecule has 0 aromatic heterocycles. The lowest BCUT2D eigenvalue weighted by Gasteiger charge is -2.16. The fourth-order valence-corrected chi connectivity index (χ4v) is 2.35. The van der Waals surface area contributed by atoms with Gasteiger partial charge in [0.05, 0.1) is 0 Å². The van der Waals surface area contributed by atoms with E-state index in [0.29, 0.717) is 0 Å². The van der Waals surface area contributed by atoms with Gasteiger partial charge in [-0.3, -0.25) is 11.3 Å².